The minimum absolute atomic E-state index is 0.160. The van der Waals surface area contributed by atoms with E-state index in [0.717, 1.165) is 38.5 Å². The van der Waals surface area contributed by atoms with Crippen LogP contribution >= 0.6 is 22.6 Å². The summed E-state index contributed by atoms with van der Waals surface area (Å²) in [5.41, 5.74) is 0.555. The summed E-state index contributed by atoms with van der Waals surface area (Å²) in [5.74, 6) is -4.38. The van der Waals surface area contributed by atoms with Gasteiger partial charge in [-0.2, -0.15) is 0 Å². The molecule has 2 aromatic rings. The summed E-state index contributed by atoms with van der Waals surface area (Å²) in [6.45, 7) is 3.98. The van der Waals surface area contributed by atoms with Crippen LogP contribution in [-0.2, 0) is 9.68 Å². The molecule has 0 atom stereocenters. The molecule has 1 fully saturated rings. The zero-order chi connectivity index (χ0) is 26.1. The van der Waals surface area contributed by atoms with E-state index in [1.807, 2.05) is 28.1 Å². The van der Waals surface area contributed by atoms with Gasteiger partial charge in [-0.05, 0) is 53.9 Å². The van der Waals surface area contributed by atoms with Gasteiger partial charge in [-0.3, -0.25) is 14.5 Å². The minimum Gasteiger partial charge on any atom is -0.394 e. The Morgan fingerprint density at radius 3 is 2.61 bits per heavy atom. The molecule has 0 unspecified atom stereocenters. The standard InChI is InChI=1S/C23H27F3IN5O4/c1-31-4-6-32(7-5-31)8-10-35-28-14-15-12-17(23(34)30-36-11-9-33)22(21(26)20(15)25)29-19-3-2-16(27)13-18(19)24/h2-3,12-14,29,33H,4-11H2,1H3,(H,30,34). The van der Waals surface area contributed by atoms with Crippen molar-refractivity contribution < 1.29 is 32.7 Å². The number of amides is 1. The van der Waals surface area contributed by atoms with Gasteiger partial charge in [0, 0.05) is 41.9 Å². The first-order valence-electron chi connectivity index (χ1n) is 11.1. The Morgan fingerprint density at radius 2 is 1.92 bits per heavy atom. The second kappa shape index (κ2) is 13.7. The number of oxime groups is 1. The smallest absolute Gasteiger partial charge is 0.277 e. The summed E-state index contributed by atoms with van der Waals surface area (Å²) in [4.78, 5) is 27.1. The predicted octanol–water partition coefficient (Wildman–Crippen LogP) is 2.70. The number of piperazine rings is 1. The Balaban J connectivity index is 1.78. The quantitative estimate of drug-likeness (QED) is 0.154. The number of nitrogens with zero attached hydrogens (tertiary/aromatic N) is 3. The topological polar surface area (TPSA) is 98.7 Å². The van der Waals surface area contributed by atoms with Gasteiger partial charge in [0.1, 0.15) is 12.4 Å². The molecule has 0 saturated carbocycles. The van der Waals surface area contributed by atoms with E-state index in [2.05, 4.69) is 27.3 Å². The van der Waals surface area contributed by atoms with Crippen molar-refractivity contribution in [2.24, 2.45) is 5.16 Å². The fourth-order valence-electron chi connectivity index (χ4n) is 3.37. The van der Waals surface area contributed by atoms with Crippen molar-refractivity contribution in [1.82, 2.24) is 15.3 Å². The van der Waals surface area contributed by atoms with Gasteiger partial charge in [0.15, 0.2) is 11.6 Å². The molecule has 36 heavy (non-hydrogen) atoms. The molecule has 1 aliphatic rings. The number of aliphatic hydroxyl groups excluding tert-OH is 1. The number of hydrogen-bond donors (Lipinski definition) is 3. The maximum atomic E-state index is 15.1. The third kappa shape index (κ3) is 7.77. The number of likely N-dealkylation sites (N-methyl/N-ethyl adjacent to an activating group) is 1. The Hall–Kier alpha value is -2.46. The highest BCUT2D eigenvalue weighted by Crippen LogP contribution is 2.30. The molecule has 3 N–H and O–H groups in total. The van der Waals surface area contributed by atoms with E-state index in [1.165, 1.54) is 12.1 Å². The number of halogens is 4. The number of carbonyl (C=O) groups is 1. The molecule has 0 aliphatic carbocycles. The van der Waals surface area contributed by atoms with Gasteiger partial charge in [0.2, 0.25) is 0 Å². The lowest BCUT2D eigenvalue weighted by Crippen LogP contribution is -2.45. The predicted molar refractivity (Wildman–Crippen MR) is 137 cm³/mol. The highest BCUT2D eigenvalue weighted by Gasteiger charge is 2.23. The van der Waals surface area contributed by atoms with E-state index in [0.29, 0.717) is 10.1 Å². The Morgan fingerprint density at radius 1 is 1.17 bits per heavy atom. The first kappa shape index (κ1) is 28.1. The van der Waals surface area contributed by atoms with Crippen LogP contribution in [-0.4, -0.2) is 86.6 Å². The van der Waals surface area contributed by atoms with Crippen molar-refractivity contribution >= 4 is 46.1 Å². The largest absolute Gasteiger partial charge is 0.394 e. The highest BCUT2D eigenvalue weighted by atomic mass is 127. The third-order valence-electron chi connectivity index (χ3n) is 5.39. The van der Waals surface area contributed by atoms with Crippen molar-refractivity contribution in [1.29, 1.82) is 0 Å². The molecule has 0 aromatic heterocycles. The minimum atomic E-state index is -1.42. The SMILES string of the molecule is CN1CCN(CCON=Cc2cc(C(=O)NOCCO)c(Nc3ccc(I)cc3F)c(F)c2F)CC1. The van der Waals surface area contributed by atoms with Crippen LogP contribution < -0.4 is 10.8 Å². The molecule has 0 radical (unpaired) electrons. The summed E-state index contributed by atoms with van der Waals surface area (Å²) < 4.78 is 44.9. The molecule has 0 spiro atoms. The molecule has 196 valence electrons. The number of hydrogen-bond acceptors (Lipinski definition) is 8. The molecule has 1 saturated heterocycles. The number of rotatable bonds is 11. The van der Waals surface area contributed by atoms with Crippen molar-refractivity contribution in [3.05, 3.63) is 56.4 Å². The molecule has 13 heteroatoms. The number of benzene rings is 2. The second-order valence-corrected chi connectivity index (χ2v) is 9.23. The third-order valence-corrected chi connectivity index (χ3v) is 6.06. The summed E-state index contributed by atoms with van der Waals surface area (Å²) in [6.07, 6.45) is 0.961. The fraction of sp³-hybridized carbons (Fsp3) is 0.391. The molecule has 1 amide bonds. The highest BCUT2D eigenvalue weighted by molar-refractivity contribution is 14.1. The Bertz CT molecular complexity index is 1080. The first-order chi connectivity index (χ1) is 17.3. The van der Waals surface area contributed by atoms with Crippen LogP contribution in [0.15, 0.2) is 29.4 Å². The van der Waals surface area contributed by atoms with E-state index in [4.69, 9.17) is 14.8 Å². The molecule has 2 aromatic carbocycles. The number of hydroxylamine groups is 1. The van der Waals surface area contributed by atoms with Gasteiger partial charge >= 0.3 is 0 Å². The van der Waals surface area contributed by atoms with E-state index in [1.54, 1.807) is 6.07 Å². The van der Waals surface area contributed by atoms with Crippen LogP contribution in [0.1, 0.15) is 15.9 Å². The van der Waals surface area contributed by atoms with E-state index in [9.17, 15) is 13.6 Å². The van der Waals surface area contributed by atoms with Gasteiger partial charge in [0.25, 0.3) is 5.91 Å². The van der Waals surface area contributed by atoms with Gasteiger partial charge in [-0.25, -0.2) is 18.7 Å². The average molecular weight is 621 g/mol. The van der Waals surface area contributed by atoms with Crippen LogP contribution in [0.5, 0.6) is 0 Å². The molecule has 1 heterocycles. The van der Waals surface area contributed by atoms with Gasteiger partial charge in [0.05, 0.1) is 36.4 Å². The van der Waals surface area contributed by atoms with Crippen molar-refractivity contribution in [2.45, 2.75) is 0 Å². The van der Waals surface area contributed by atoms with Crippen molar-refractivity contribution in [3.63, 3.8) is 0 Å². The lowest BCUT2D eigenvalue weighted by atomic mass is 10.1. The van der Waals surface area contributed by atoms with Crippen molar-refractivity contribution in [3.8, 4) is 0 Å². The van der Waals surface area contributed by atoms with Crippen molar-refractivity contribution in [2.75, 3.05) is 64.9 Å². The zero-order valence-corrected chi connectivity index (χ0v) is 21.7. The van der Waals surface area contributed by atoms with Crippen LogP contribution in [0.4, 0.5) is 24.5 Å². The summed E-state index contributed by atoms with van der Waals surface area (Å²) in [6, 6.07) is 5.13. The second-order valence-electron chi connectivity index (χ2n) is 7.98. The van der Waals surface area contributed by atoms with E-state index >= 15 is 4.39 Å². The van der Waals surface area contributed by atoms with Crippen LogP contribution in [0.25, 0.3) is 0 Å². The lowest BCUT2D eigenvalue weighted by molar-refractivity contribution is 0.0168. The number of aliphatic hydroxyl groups is 1. The summed E-state index contributed by atoms with van der Waals surface area (Å²) in [7, 11) is 2.05. The maximum absolute atomic E-state index is 15.1. The molecular formula is C23H27F3IN5O4. The fourth-order valence-corrected chi connectivity index (χ4v) is 3.83. The Kier molecular flexibility index (Phi) is 10.7. The first-order valence-corrected chi connectivity index (χ1v) is 12.2. The molecule has 1 aliphatic heterocycles. The molecule has 3 rings (SSSR count). The summed E-state index contributed by atoms with van der Waals surface area (Å²) >= 11 is 1.90. The monoisotopic (exact) mass is 621 g/mol. The lowest BCUT2D eigenvalue weighted by Gasteiger charge is -2.31. The van der Waals surface area contributed by atoms with Gasteiger partial charge in [-0.1, -0.05) is 5.16 Å². The average Bonchev–Trinajstić information content (AvgIpc) is 2.85. The van der Waals surface area contributed by atoms with Crippen LogP contribution in [0, 0.1) is 21.0 Å². The van der Waals surface area contributed by atoms with Gasteiger partial charge in [-0.15, -0.1) is 0 Å². The number of nitrogens with one attached hydrogen (secondary N) is 2. The summed E-state index contributed by atoms with van der Waals surface area (Å²) in [5, 5.41) is 15.0. The van der Waals surface area contributed by atoms with Crippen LogP contribution in [0.2, 0.25) is 0 Å². The van der Waals surface area contributed by atoms with E-state index < -0.39 is 29.0 Å². The maximum Gasteiger partial charge on any atom is 0.277 e. The van der Waals surface area contributed by atoms with Crippen LogP contribution in [0.3, 0.4) is 0 Å². The molecular weight excluding hydrogens is 594 g/mol. The Labute approximate surface area is 220 Å². The zero-order valence-electron chi connectivity index (χ0n) is 19.6. The molecule has 9 nitrogen and oxygen atoms in total. The number of carbonyl (C=O) groups excluding carboxylic acids is 1. The van der Waals surface area contributed by atoms with E-state index in [-0.39, 0.29) is 36.6 Å². The molecule has 0 bridgehead atoms. The number of anilines is 2. The van der Waals surface area contributed by atoms with Gasteiger partial charge < -0.3 is 20.2 Å². The normalized spacial score (nSPS) is 14.8.